The predicted octanol–water partition coefficient (Wildman–Crippen LogP) is 1.91. The van der Waals surface area contributed by atoms with Crippen LogP contribution in [0.4, 0.5) is 20.7 Å². The number of amides is 2. The number of nitrogen functional groups attached to an aromatic ring is 1. The van der Waals surface area contributed by atoms with E-state index in [0.29, 0.717) is 24.1 Å². The number of urea groups is 1. The number of carbonyl (C=O) groups excluding carboxylic acids is 1. The van der Waals surface area contributed by atoms with E-state index in [1.807, 2.05) is 4.90 Å². The number of fused-ring (bicyclic) bond motifs is 2. The highest BCUT2D eigenvalue weighted by atomic mass is 19.1. The van der Waals surface area contributed by atoms with Crippen molar-refractivity contribution in [2.24, 2.45) is 0 Å². The van der Waals surface area contributed by atoms with Crippen LogP contribution in [-0.4, -0.2) is 58.0 Å². The second-order valence-corrected chi connectivity index (χ2v) is 6.60. The smallest absolute Gasteiger partial charge is 0.323 e. The first-order valence-electron chi connectivity index (χ1n) is 8.32. The zero-order chi connectivity index (χ0) is 18.3. The summed E-state index contributed by atoms with van der Waals surface area (Å²) in [5, 5.41) is 2.76. The molecule has 4 rings (SSSR count). The second kappa shape index (κ2) is 6.41. The van der Waals surface area contributed by atoms with Gasteiger partial charge in [-0.1, -0.05) is 0 Å². The molecule has 2 fully saturated rings. The van der Waals surface area contributed by atoms with Gasteiger partial charge in [-0.15, -0.1) is 0 Å². The standard InChI is InChI=1S/C17H19FN6O2/c1-23-7-12-5-11(23)8-24(12)17(25)22-15-6-16(21-9-20-15)26-14-3-2-10(19)4-13(14)18/h2-4,6,9,11-12H,5,7-8,19H2,1H3,(H,20,21,22,25). The molecule has 2 aliphatic heterocycles. The van der Waals surface area contributed by atoms with E-state index in [0.717, 1.165) is 13.0 Å². The summed E-state index contributed by atoms with van der Waals surface area (Å²) >= 11 is 0. The van der Waals surface area contributed by atoms with Crippen LogP contribution in [0, 0.1) is 5.82 Å². The Morgan fingerprint density at radius 1 is 1.31 bits per heavy atom. The minimum atomic E-state index is -0.591. The molecule has 136 valence electrons. The number of likely N-dealkylation sites (tertiary alicyclic amines) is 2. The van der Waals surface area contributed by atoms with Crippen LogP contribution in [0.25, 0.3) is 0 Å². The number of nitrogens with two attached hydrogens (primary N) is 1. The summed E-state index contributed by atoms with van der Waals surface area (Å²) in [6.45, 7) is 1.59. The van der Waals surface area contributed by atoms with Gasteiger partial charge in [-0.25, -0.2) is 19.2 Å². The summed E-state index contributed by atoms with van der Waals surface area (Å²) < 4.78 is 19.3. The average Bonchev–Trinajstić information content (AvgIpc) is 3.17. The normalized spacial score (nSPS) is 21.8. The molecule has 0 radical (unpaired) electrons. The second-order valence-electron chi connectivity index (χ2n) is 6.60. The summed E-state index contributed by atoms with van der Waals surface area (Å²) in [6, 6.07) is 6.01. The van der Waals surface area contributed by atoms with Gasteiger partial charge < -0.3 is 15.4 Å². The monoisotopic (exact) mass is 358 g/mol. The average molecular weight is 358 g/mol. The first-order chi connectivity index (χ1) is 12.5. The van der Waals surface area contributed by atoms with Gasteiger partial charge in [0.2, 0.25) is 5.88 Å². The van der Waals surface area contributed by atoms with Crippen molar-refractivity contribution in [3.05, 3.63) is 36.4 Å². The van der Waals surface area contributed by atoms with Gasteiger partial charge >= 0.3 is 6.03 Å². The minimum absolute atomic E-state index is 0.00457. The van der Waals surface area contributed by atoms with Crippen molar-refractivity contribution in [1.29, 1.82) is 0 Å². The Morgan fingerprint density at radius 3 is 2.85 bits per heavy atom. The molecular formula is C17H19FN6O2. The molecule has 1 aromatic heterocycles. The van der Waals surface area contributed by atoms with Crippen molar-refractivity contribution in [2.45, 2.75) is 18.5 Å². The van der Waals surface area contributed by atoms with Crippen LogP contribution in [0.3, 0.4) is 0 Å². The highest BCUT2D eigenvalue weighted by Gasteiger charge is 2.43. The molecule has 3 N–H and O–H groups in total. The highest BCUT2D eigenvalue weighted by molar-refractivity contribution is 5.89. The van der Waals surface area contributed by atoms with Crippen LogP contribution in [0.15, 0.2) is 30.6 Å². The quantitative estimate of drug-likeness (QED) is 0.814. The molecule has 8 nitrogen and oxygen atoms in total. The first kappa shape index (κ1) is 16.5. The Hall–Kier alpha value is -2.94. The molecule has 26 heavy (non-hydrogen) atoms. The van der Waals surface area contributed by atoms with Crippen LogP contribution < -0.4 is 15.8 Å². The van der Waals surface area contributed by atoms with Crippen molar-refractivity contribution >= 4 is 17.5 Å². The molecule has 2 atom stereocenters. The number of carbonyl (C=O) groups is 1. The lowest BCUT2D eigenvalue weighted by Gasteiger charge is -2.31. The Morgan fingerprint density at radius 2 is 2.15 bits per heavy atom. The number of nitrogens with one attached hydrogen (secondary N) is 1. The number of ether oxygens (including phenoxy) is 1. The van der Waals surface area contributed by atoms with Gasteiger partial charge in [0.05, 0.1) is 0 Å². The number of halogens is 1. The molecule has 2 unspecified atom stereocenters. The number of benzene rings is 1. The third-order valence-corrected chi connectivity index (χ3v) is 4.82. The fraction of sp³-hybridized carbons (Fsp3) is 0.353. The molecule has 2 amide bonds. The fourth-order valence-corrected chi connectivity index (χ4v) is 3.47. The number of piperazine rings is 1. The lowest BCUT2D eigenvalue weighted by atomic mass is 10.2. The zero-order valence-electron chi connectivity index (χ0n) is 14.2. The molecule has 0 aliphatic carbocycles. The fourth-order valence-electron chi connectivity index (χ4n) is 3.47. The minimum Gasteiger partial charge on any atom is -0.436 e. The maximum atomic E-state index is 13.8. The van der Waals surface area contributed by atoms with E-state index in [9.17, 15) is 9.18 Å². The van der Waals surface area contributed by atoms with E-state index in [1.165, 1.54) is 30.6 Å². The van der Waals surface area contributed by atoms with Crippen LogP contribution in [-0.2, 0) is 0 Å². The van der Waals surface area contributed by atoms with E-state index < -0.39 is 5.82 Å². The first-order valence-corrected chi connectivity index (χ1v) is 8.32. The van der Waals surface area contributed by atoms with Crippen molar-refractivity contribution < 1.29 is 13.9 Å². The van der Waals surface area contributed by atoms with Crippen LogP contribution >= 0.6 is 0 Å². The molecule has 2 aliphatic rings. The van der Waals surface area contributed by atoms with Gasteiger partial charge in [0, 0.05) is 43.0 Å². The van der Waals surface area contributed by atoms with Crippen molar-refractivity contribution in [1.82, 2.24) is 19.8 Å². The van der Waals surface area contributed by atoms with E-state index >= 15 is 0 Å². The van der Waals surface area contributed by atoms with Gasteiger partial charge in [0.15, 0.2) is 11.6 Å². The van der Waals surface area contributed by atoms with Crippen LogP contribution in [0.1, 0.15) is 6.42 Å². The van der Waals surface area contributed by atoms with E-state index in [-0.39, 0.29) is 23.7 Å². The maximum Gasteiger partial charge on any atom is 0.323 e. The Bertz CT molecular complexity index is 846. The Balaban J connectivity index is 1.44. The number of anilines is 2. The number of nitrogens with zero attached hydrogens (tertiary/aromatic N) is 4. The van der Waals surface area contributed by atoms with Gasteiger partial charge in [0.1, 0.15) is 12.1 Å². The Kier molecular flexibility index (Phi) is 4.08. The molecule has 2 saturated heterocycles. The van der Waals surface area contributed by atoms with Gasteiger partial charge in [-0.2, -0.15) is 0 Å². The van der Waals surface area contributed by atoms with Gasteiger partial charge in [-0.3, -0.25) is 10.2 Å². The lowest BCUT2D eigenvalue weighted by Crippen LogP contribution is -2.48. The van der Waals surface area contributed by atoms with Gasteiger partial charge in [0.25, 0.3) is 0 Å². The molecule has 9 heteroatoms. The van der Waals surface area contributed by atoms with E-state index in [4.69, 9.17) is 10.5 Å². The largest absolute Gasteiger partial charge is 0.436 e. The van der Waals surface area contributed by atoms with Crippen LogP contribution in [0.2, 0.25) is 0 Å². The van der Waals surface area contributed by atoms with Crippen molar-refractivity contribution in [2.75, 3.05) is 31.2 Å². The highest BCUT2D eigenvalue weighted by Crippen LogP contribution is 2.30. The molecular weight excluding hydrogens is 339 g/mol. The summed E-state index contributed by atoms with van der Waals surface area (Å²) in [5.41, 5.74) is 5.82. The number of hydrogen-bond donors (Lipinski definition) is 2. The lowest BCUT2D eigenvalue weighted by molar-refractivity contribution is 0.161. The number of aromatic nitrogens is 2. The summed E-state index contributed by atoms with van der Waals surface area (Å²) in [5.74, 6) is -0.171. The number of likely N-dealkylation sites (N-methyl/N-ethyl adjacent to an activating group) is 1. The SMILES string of the molecule is CN1CC2CC1CN2C(=O)Nc1cc(Oc2ccc(N)cc2F)ncn1. The molecule has 1 aromatic carbocycles. The summed E-state index contributed by atoms with van der Waals surface area (Å²) in [7, 11) is 2.07. The molecule has 0 spiro atoms. The maximum absolute atomic E-state index is 13.8. The summed E-state index contributed by atoms with van der Waals surface area (Å²) in [6.07, 6.45) is 2.25. The molecule has 2 aromatic rings. The number of hydrogen-bond acceptors (Lipinski definition) is 6. The third-order valence-electron chi connectivity index (χ3n) is 4.82. The van der Waals surface area contributed by atoms with Crippen LogP contribution in [0.5, 0.6) is 11.6 Å². The van der Waals surface area contributed by atoms with E-state index in [1.54, 1.807) is 0 Å². The summed E-state index contributed by atoms with van der Waals surface area (Å²) in [4.78, 5) is 24.6. The molecule has 3 heterocycles. The van der Waals surface area contributed by atoms with E-state index in [2.05, 4.69) is 27.2 Å². The molecule has 2 bridgehead atoms. The number of rotatable bonds is 3. The predicted molar refractivity (Wildman–Crippen MR) is 93.5 cm³/mol. The third kappa shape index (κ3) is 3.13. The van der Waals surface area contributed by atoms with Crippen molar-refractivity contribution in [3.63, 3.8) is 0 Å². The Labute approximate surface area is 149 Å². The van der Waals surface area contributed by atoms with Gasteiger partial charge in [-0.05, 0) is 25.6 Å². The van der Waals surface area contributed by atoms with Crippen molar-refractivity contribution in [3.8, 4) is 11.6 Å². The molecule has 0 saturated carbocycles. The zero-order valence-corrected chi connectivity index (χ0v) is 14.2. The topological polar surface area (TPSA) is 96.6 Å².